The first-order valence-electron chi connectivity index (χ1n) is 7.42. The Morgan fingerprint density at radius 1 is 1.29 bits per heavy atom. The highest BCUT2D eigenvalue weighted by atomic mass is 35.5. The minimum Gasteiger partial charge on any atom is -0.310 e. The predicted molar refractivity (Wildman–Crippen MR) is 93.4 cm³/mol. The molecular weight excluding hydrogens is 330 g/mol. The largest absolute Gasteiger partial charge is 0.310 e. The molecule has 24 heavy (non-hydrogen) atoms. The van der Waals surface area contributed by atoms with Crippen molar-refractivity contribution in [1.82, 2.24) is 0 Å². The first-order chi connectivity index (χ1) is 11.5. The van der Waals surface area contributed by atoms with Crippen LogP contribution in [-0.4, -0.2) is 23.1 Å². The third kappa shape index (κ3) is 2.88. The highest BCUT2D eigenvalue weighted by Gasteiger charge is 2.26. The van der Waals surface area contributed by atoms with Crippen LogP contribution in [0.4, 0.5) is 17.1 Å². The topological polar surface area (TPSA) is 75.8 Å². The lowest BCUT2D eigenvalue weighted by Crippen LogP contribution is -2.31. The van der Waals surface area contributed by atoms with Gasteiger partial charge in [-0.15, -0.1) is 0 Å². The van der Waals surface area contributed by atoms with E-state index in [9.17, 15) is 14.9 Å². The van der Waals surface area contributed by atoms with Crippen LogP contribution in [0.15, 0.2) is 47.5 Å². The molecule has 0 fully saturated rings. The fraction of sp³-hybridized carbons (Fsp3) is 0.176. The maximum Gasteiger partial charge on any atom is 0.271 e. The Morgan fingerprint density at radius 3 is 2.71 bits per heavy atom. The maximum atomic E-state index is 12.6. The Kier molecular flexibility index (Phi) is 4.31. The summed E-state index contributed by atoms with van der Waals surface area (Å²) in [7, 11) is 0. The van der Waals surface area contributed by atoms with Crippen molar-refractivity contribution in [1.29, 1.82) is 0 Å². The van der Waals surface area contributed by atoms with Crippen LogP contribution in [0.2, 0.25) is 5.02 Å². The average molecular weight is 344 g/mol. The molecule has 0 aliphatic carbocycles. The molecule has 0 saturated carbocycles. The number of fused-ring (bicyclic) bond motifs is 1. The van der Waals surface area contributed by atoms with Gasteiger partial charge < -0.3 is 4.90 Å². The van der Waals surface area contributed by atoms with Crippen molar-refractivity contribution < 1.29 is 9.72 Å². The summed E-state index contributed by atoms with van der Waals surface area (Å²) < 4.78 is 0. The van der Waals surface area contributed by atoms with Crippen molar-refractivity contribution in [2.75, 3.05) is 11.4 Å². The molecule has 0 aromatic heterocycles. The summed E-state index contributed by atoms with van der Waals surface area (Å²) in [4.78, 5) is 29.3. The Hall–Kier alpha value is -2.73. The Bertz CT molecular complexity index is 864. The lowest BCUT2D eigenvalue weighted by atomic mass is 10.1. The molecule has 1 heterocycles. The van der Waals surface area contributed by atoms with Crippen molar-refractivity contribution in [2.45, 2.75) is 13.3 Å². The van der Waals surface area contributed by atoms with Crippen LogP contribution in [0.1, 0.15) is 18.9 Å². The number of carbonyl (C=O) groups is 1. The van der Waals surface area contributed by atoms with Crippen molar-refractivity contribution in [3.8, 4) is 0 Å². The van der Waals surface area contributed by atoms with Gasteiger partial charge >= 0.3 is 0 Å². The van der Waals surface area contributed by atoms with Crippen LogP contribution < -0.4 is 4.90 Å². The van der Waals surface area contributed by atoms with Crippen LogP contribution in [0, 0.1) is 10.1 Å². The van der Waals surface area contributed by atoms with Crippen LogP contribution in [-0.2, 0) is 4.79 Å². The van der Waals surface area contributed by atoms with Crippen molar-refractivity contribution >= 4 is 40.3 Å². The number of hydrogen-bond acceptors (Lipinski definition) is 4. The lowest BCUT2D eigenvalue weighted by Gasteiger charge is -2.20. The van der Waals surface area contributed by atoms with E-state index in [4.69, 9.17) is 11.6 Å². The Balaban J connectivity index is 2.20. The van der Waals surface area contributed by atoms with Gasteiger partial charge in [-0.2, -0.15) is 0 Å². The Morgan fingerprint density at radius 2 is 2.04 bits per heavy atom. The zero-order valence-electron chi connectivity index (χ0n) is 12.9. The van der Waals surface area contributed by atoms with Gasteiger partial charge in [-0.25, -0.2) is 4.99 Å². The molecule has 0 spiro atoms. The highest BCUT2D eigenvalue weighted by Crippen LogP contribution is 2.36. The third-order valence-electron chi connectivity index (χ3n) is 3.84. The van der Waals surface area contributed by atoms with Crippen LogP contribution in [0.5, 0.6) is 0 Å². The molecule has 7 heteroatoms. The zero-order valence-corrected chi connectivity index (χ0v) is 13.7. The maximum absolute atomic E-state index is 12.6. The molecule has 6 nitrogen and oxygen atoms in total. The van der Waals surface area contributed by atoms with E-state index in [2.05, 4.69) is 4.99 Å². The molecule has 1 amide bonds. The van der Waals surface area contributed by atoms with Crippen LogP contribution >= 0.6 is 11.6 Å². The quantitative estimate of drug-likeness (QED) is 0.621. The monoisotopic (exact) mass is 343 g/mol. The number of carbonyl (C=O) groups excluding carboxylic acids is 1. The van der Waals surface area contributed by atoms with Gasteiger partial charge in [-0.05, 0) is 19.1 Å². The summed E-state index contributed by atoms with van der Waals surface area (Å²) in [6.07, 6.45) is 0.0834. The minimum absolute atomic E-state index is 0.0681. The molecule has 0 saturated heterocycles. The first-order valence-corrected chi connectivity index (χ1v) is 7.80. The number of anilines is 1. The van der Waals surface area contributed by atoms with E-state index in [1.807, 2.05) is 13.0 Å². The number of nitro groups is 1. The second kappa shape index (κ2) is 6.41. The number of rotatable bonds is 3. The average Bonchev–Trinajstić information content (AvgIpc) is 2.69. The van der Waals surface area contributed by atoms with Gasteiger partial charge in [0.1, 0.15) is 0 Å². The number of aliphatic imine (C=N–C) groups is 1. The van der Waals surface area contributed by atoms with Gasteiger partial charge in [0.05, 0.1) is 28.4 Å². The molecule has 3 rings (SSSR count). The highest BCUT2D eigenvalue weighted by molar-refractivity contribution is 6.35. The third-order valence-corrected chi connectivity index (χ3v) is 4.17. The van der Waals surface area contributed by atoms with Crippen molar-refractivity contribution in [3.05, 3.63) is 63.2 Å². The van der Waals surface area contributed by atoms with E-state index in [-0.39, 0.29) is 18.0 Å². The molecule has 2 aromatic carbocycles. The summed E-state index contributed by atoms with van der Waals surface area (Å²) in [5.41, 5.74) is 2.05. The van der Waals surface area contributed by atoms with Gasteiger partial charge in [0.2, 0.25) is 5.91 Å². The van der Waals surface area contributed by atoms with Gasteiger partial charge in [0.25, 0.3) is 5.69 Å². The van der Waals surface area contributed by atoms with Crippen molar-refractivity contribution in [2.24, 2.45) is 4.99 Å². The fourth-order valence-corrected chi connectivity index (χ4v) is 2.94. The summed E-state index contributed by atoms with van der Waals surface area (Å²) in [6, 6.07) is 11.4. The van der Waals surface area contributed by atoms with E-state index in [1.165, 1.54) is 12.1 Å². The van der Waals surface area contributed by atoms with E-state index >= 15 is 0 Å². The van der Waals surface area contributed by atoms with Gasteiger partial charge in [-0.1, -0.05) is 29.8 Å². The normalized spacial score (nSPS) is 14.0. The second-order valence-electron chi connectivity index (χ2n) is 5.28. The minimum atomic E-state index is -0.478. The Labute approximate surface area is 143 Å². The summed E-state index contributed by atoms with van der Waals surface area (Å²) in [5.74, 6) is -0.122. The summed E-state index contributed by atoms with van der Waals surface area (Å²) in [5, 5.41) is 11.5. The molecule has 1 aliphatic rings. The summed E-state index contributed by atoms with van der Waals surface area (Å²) in [6.45, 7) is 2.30. The van der Waals surface area contributed by atoms with Gasteiger partial charge in [0, 0.05) is 29.3 Å². The molecule has 0 atom stereocenters. The van der Waals surface area contributed by atoms with Crippen molar-refractivity contribution in [3.63, 3.8) is 0 Å². The predicted octanol–water partition coefficient (Wildman–Crippen LogP) is 4.13. The first kappa shape index (κ1) is 16.1. The summed E-state index contributed by atoms with van der Waals surface area (Å²) >= 11 is 6.22. The van der Waals surface area contributed by atoms with E-state index in [1.54, 1.807) is 29.2 Å². The smallest absolute Gasteiger partial charge is 0.271 e. The van der Waals surface area contributed by atoms with Gasteiger partial charge in [-0.3, -0.25) is 14.9 Å². The zero-order chi connectivity index (χ0) is 17.3. The van der Waals surface area contributed by atoms with E-state index in [0.717, 1.165) is 0 Å². The molecule has 0 bridgehead atoms. The number of nitrogens with zero attached hydrogens (tertiary/aromatic N) is 3. The number of nitro benzene ring substituents is 1. The van der Waals surface area contributed by atoms with Crippen LogP contribution in [0.3, 0.4) is 0 Å². The SMILES string of the molecule is CCN1C(=O)CC(c2ccccc2Cl)=Nc2cc([N+](=O)[O-])ccc21. The van der Waals surface area contributed by atoms with E-state index in [0.29, 0.717) is 34.2 Å². The van der Waals surface area contributed by atoms with E-state index < -0.39 is 4.92 Å². The molecule has 0 unspecified atom stereocenters. The standard InChI is InChI=1S/C17H14ClN3O3/c1-2-20-16-8-7-11(21(23)24)9-15(16)19-14(10-17(20)22)12-5-3-4-6-13(12)18/h3-9H,2,10H2,1H3. The number of non-ortho nitro benzene ring substituents is 1. The molecule has 1 aliphatic heterocycles. The molecular formula is C17H14ClN3O3. The molecule has 0 N–H and O–H groups in total. The number of hydrogen-bond donors (Lipinski definition) is 0. The lowest BCUT2D eigenvalue weighted by molar-refractivity contribution is -0.384. The number of halogens is 1. The molecule has 122 valence electrons. The fourth-order valence-electron chi connectivity index (χ4n) is 2.70. The number of amides is 1. The number of benzene rings is 2. The van der Waals surface area contributed by atoms with Gasteiger partial charge in [0.15, 0.2) is 0 Å². The molecule has 0 radical (unpaired) electrons. The van der Waals surface area contributed by atoms with Crippen LogP contribution in [0.25, 0.3) is 0 Å². The second-order valence-corrected chi connectivity index (χ2v) is 5.69. The molecule has 2 aromatic rings.